The van der Waals surface area contributed by atoms with Crippen molar-refractivity contribution in [2.45, 2.75) is 19.1 Å². The van der Waals surface area contributed by atoms with Crippen LogP contribution in [-0.4, -0.2) is 12.8 Å². The van der Waals surface area contributed by atoms with E-state index in [9.17, 15) is 13.2 Å². The minimum absolute atomic E-state index is 0.360. The van der Waals surface area contributed by atoms with E-state index in [1.807, 2.05) is 0 Å². The van der Waals surface area contributed by atoms with Crippen molar-refractivity contribution in [3.8, 4) is 0 Å². The monoisotopic (exact) mass is 253 g/mol. The lowest BCUT2D eigenvalue weighted by molar-refractivity contribution is -0.192. The van der Waals surface area contributed by atoms with E-state index >= 15 is 0 Å². The van der Waals surface area contributed by atoms with E-state index in [1.165, 1.54) is 0 Å². The first-order chi connectivity index (χ1) is 7.38. The van der Waals surface area contributed by atoms with Gasteiger partial charge in [-0.25, -0.2) is 0 Å². The van der Waals surface area contributed by atoms with Crippen molar-refractivity contribution in [2.75, 3.05) is 6.61 Å². The molecule has 1 atom stereocenters. The average Bonchev–Trinajstić information content (AvgIpc) is 2.15. The lowest BCUT2D eigenvalue weighted by atomic mass is 10.1. The van der Waals surface area contributed by atoms with E-state index in [1.54, 1.807) is 31.2 Å². The highest BCUT2D eigenvalue weighted by molar-refractivity contribution is 6.30. The topological polar surface area (TPSA) is 21.3 Å². The molecule has 0 aliphatic rings. The van der Waals surface area contributed by atoms with Gasteiger partial charge in [-0.2, -0.15) is 18.7 Å². The predicted octanol–water partition coefficient (Wildman–Crippen LogP) is 3.48. The molecule has 16 heavy (non-hydrogen) atoms. The molecule has 0 radical (unpaired) electrons. The molecule has 0 aromatic heterocycles. The van der Waals surface area contributed by atoms with Crippen molar-refractivity contribution in [3.05, 3.63) is 34.9 Å². The number of hydrogen-bond donors (Lipinski definition) is 1. The van der Waals surface area contributed by atoms with Crippen LogP contribution in [0.15, 0.2) is 24.3 Å². The van der Waals surface area contributed by atoms with Gasteiger partial charge in [0, 0.05) is 5.02 Å². The summed E-state index contributed by atoms with van der Waals surface area (Å²) in [6.45, 7) is 0.361. The van der Waals surface area contributed by atoms with Gasteiger partial charge < -0.3 is 0 Å². The molecule has 0 heterocycles. The molecule has 0 saturated carbocycles. The Morgan fingerprint density at radius 2 is 2.12 bits per heavy atom. The highest BCUT2D eigenvalue weighted by atomic mass is 35.5. The zero-order valence-corrected chi connectivity index (χ0v) is 9.27. The second-order valence-electron chi connectivity index (χ2n) is 3.30. The molecule has 6 heteroatoms. The van der Waals surface area contributed by atoms with Gasteiger partial charge >= 0.3 is 6.18 Å². The van der Waals surface area contributed by atoms with Crippen LogP contribution in [-0.2, 0) is 4.84 Å². The summed E-state index contributed by atoms with van der Waals surface area (Å²) in [5.74, 6) is 0. The van der Waals surface area contributed by atoms with Crippen molar-refractivity contribution < 1.29 is 18.0 Å². The summed E-state index contributed by atoms with van der Waals surface area (Å²) in [6, 6.07) is 6.46. The second kappa shape index (κ2) is 5.52. The fraction of sp³-hybridized carbons (Fsp3) is 0.400. The minimum atomic E-state index is -4.33. The highest BCUT2D eigenvalue weighted by Crippen LogP contribution is 2.18. The third-order valence-corrected chi connectivity index (χ3v) is 2.08. The maximum atomic E-state index is 11.8. The molecule has 1 aromatic rings. The van der Waals surface area contributed by atoms with Crippen LogP contribution in [0.5, 0.6) is 0 Å². The second-order valence-corrected chi connectivity index (χ2v) is 3.73. The molecular weight excluding hydrogens is 243 g/mol. The third-order valence-electron chi connectivity index (χ3n) is 1.84. The van der Waals surface area contributed by atoms with E-state index < -0.39 is 12.8 Å². The first-order valence-corrected chi connectivity index (χ1v) is 4.96. The number of halogens is 4. The molecule has 0 aliphatic carbocycles. The van der Waals surface area contributed by atoms with E-state index in [-0.39, 0.29) is 6.04 Å². The molecule has 90 valence electrons. The van der Waals surface area contributed by atoms with Crippen LogP contribution in [0.3, 0.4) is 0 Å². The molecular formula is C10H11ClF3NO. The zero-order chi connectivity index (χ0) is 12.2. The van der Waals surface area contributed by atoms with Crippen molar-refractivity contribution in [1.82, 2.24) is 5.48 Å². The van der Waals surface area contributed by atoms with Crippen molar-refractivity contribution in [2.24, 2.45) is 0 Å². The van der Waals surface area contributed by atoms with Crippen LogP contribution in [0.1, 0.15) is 18.5 Å². The quantitative estimate of drug-likeness (QED) is 0.830. The molecule has 1 aromatic carbocycles. The SMILES string of the molecule is CC(NOCC(F)(F)F)c1cccc(Cl)c1. The van der Waals surface area contributed by atoms with Gasteiger partial charge in [-0.1, -0.05) is 23.7 Å². The van der Waals surface area contributed by atoms with Crippen molar-refractivity contribution >= 4 is 11.6 Å². The maximum Gasteiger partial charge on any atom is 0.413 e. The van der Waals surface area contributed by atoms with Gasteiger partial charge in [0.2, 0.25) is 0 Å². The van der Waals surface area contributed by atoms with Gasteiger partial charge in [-0.15, -0.1) is 0 Å². The predicted molar refractivity (Wildman–Crippen MR) is 55.0 cm³/mol. The molecule has 1 unspecified atom stereocenters. The van der Waals surface area contributed by atoms with E-state index in [2.05, 4.69) is 10.3 Å². The number of alkyl halides is 3. The van der Waals surface area contributed by atoms with Gasteiger partial charge in [0.15, 0.2) is 6.61 Å². The first-order valence-electron chi connectivity index (χ1n) is 4.58. The fourth-order valence-corrected chi connectivity index (χ4v) is 1.29. The Morgan fingerprint density at radius 1 is 1.44 bits per heavy atom. The molecule has 2 nitrogen and oxygen atoms in total. The van der Waals surface area contributed by atoms with Crippen LogP contribution in [0.4, 0.5) is 13.2 Å². The number of hydroxylamine groups is 1. The summed E-state index contributed by atoms with van der Waals surface area (Å²) >= 11 is 5.75. The fourth-order valence-electron chi connectivity index (χ4n) is 1.09. The lowest BCUT2D eigenvalue weighted by Crippen LogP contribution is -2.26. The molecule has 0 spiro atoms. The third kappa shape index (κ3) is 4.83. The number of rotatable bonds is 4. The molecule has 1 N–H and O–H groups in total. The summed E-state index contributed by atoms with van der Waals surface area (Å²) in [5, 5.41) is 0.530. The Bertz CT molecular complexity index is 343. The van der Waals surface area contributed by atoms with Crippen LogP contribution < -0.4 is 5.48 Å². The number of benzene rings is 1. The van der Waals surface area contributed by atoms with Crippen molar-refractivity contribution in [1.29, 1.82) is 0 Å². The van der Waals surface area contributed by atoms with Gasteiger partial charge in [-0.05, 0) is 24.6 Å². The summed E-state index contributed by atoms with van der Waals surface area (Å²) < 4.78 is 35.4. The maximum absolute atomic E-state index is 11.8. The summed E-state index contributed by atoms with van der Waals surface area (Å²) in [6.07, 6.45) is -4.33. The molecule has 0 saturated heterocycles. The summed E-state index contributed by atoms with van der Waals surface area (Å²) in [7, 11) is 0. The molecule has 1 rings (SSSR count). The van der Waals surface area contributed by atoms with Gasteiger partial charge in [0.1, 0.15) is 0 Å². The van der Waals surface area contributed by atoms with Crippen LogP contribution >= 0.6 is 11.6 Å². The Morgan fingerprint density at radius 3 is 2.69 bits per heavy atom. The Kier molecular flexibility index (Phi) is 4.58. The van der Waals surface area contributed by atoms with Gasteiger partial charge in [0.05, 0.1) is 6.04 Å². The molecule has 0 amide bonds. The number of hydrogen-bond acceptors (Lipinski definition) is 2. The van der Waals surface area contributed by atoms with E-state index in [4.69, 9.17) is 11.6 Å². The van der Waals surface area contributed by atoms with Gasteiger partial charge in [0.25, 0.3) is 0 Å². The highest BCUT2D eigenvalue weighted by Gasteiger charge is 2.28. The molecule has 0 bridgehead atoms. The normalized spacial score (nSPS) is 13.8. The van der Waals surface area contributed by atoms with Crippen LogP contribution in [0, 0.1) is 0 Å². The summed E-state index contributed by atoms with van der Waals surface area (Å²) in [4.78, 5) is 4.34. The Balaban J connectivity index is 2.44. The van der Waals surface area contributed by atoms with Crippen molar-refractivity contribution in [3.63, 3.8) is 0 Å². The Hall–Kier alpha value is -0.780. The van der Waals surface area contributed by atoms with Crippen LogP contribution in [0.25, 0.3) is 0 Å². The lowest BCUT2D eigenvalue weighted by Gasteiger charge is -2.15. The minimum Gasteiger partial charge on any atom is -0.292 e. The zero-order valence-electron chi connectivity index (χ0n) is 8.51. The van der Waals surface area contributed by atoms with Gasteiger partial charge in [-0.3, -0.25) is 4.84 Å². The smallest absolute Gasteiger partial charge is 0.292 e. The summed E-state index contributed by atoms with van der Waals surface area (Å²) in [5.41, 5.74) is 3.06. The average molecular weight is 254 g/mol. The van der Waals surface area contributed by atoms with Crippen LogP contribution in [0.2, 0.25) is 5.02 Å². The van der Waals surface area contributed by atoms with E-state index in [0.29, 0.717) is 5.02 Å². The standard InChI is InChI=1S/C10H11ClF3NO/c1-7(15-16-6-10(12,13)14)8-3-2-4-9(11)5-8/h2-5,7,15H,6H2,1H3. The molecule has 0 aliphatic heterocycles. The first kappa shape index (κ1) is 13.3. The Labute approximate surface area is 96.3 Å². The number of nitrogens with one attached hydrogen (secondary N) is 1. The van der Waals surface area contributed by atoms with E-state index in [0.717, 1.165) is 5.56 Å². The molecule has 0 fully saturated rings. The largest absolute Gasteiger partial charge is 0.413 e.